The number of para-hydroxylation sites is 1. The lowest BCUT2D eigenvalue weighted by Gasteiger charge is -2.36. The number of nitrogens with one attached hydrogen (secondary N) is 1. The summed E-state index contributed by atoms with van der Waals surface area (Å²) in [6, 6.07) is 6.78. The minimum atomic E-state index is -4.84. The van der Waals surface area contributed by atoms with Gasteiger partial charge < -0.3 is 14.8 Å². The van der Waals surface area contributed by atoms with Crippen molar-refractivity contribution in [3.8, 4) is 0 Å². The summed E-state index contributed by atoms with van der Waals surface area (Å²) in [6.45, 7) is 2.31. The quantitative estimate of drug-likeness (QED) is 0.865. The number of aryl methyl sites for hydroxylation is 1. The predicted octanol–water partition coefficient (Wildman–Crippen LogP) is 2.05. The van der Waals surface area contributed by atoms with E-state index in [4.69, 9.17) is 0 Å². The monoisotopic (exact) mass is 339 g/mol. The van der Waals surface area contributed by atoms with Crippen molar-refractivity contribution >= 4 is 22.5 Å². The topological polar surface area (TPSA) is 56.4 Å². The van der Waals surface area contributed by atoms with E-state index in [1.807, 2.05) is 11.0 Å². The highest BCUT2D eigenvalue weighted by molar-refractivity contribution is 5.91. The van der Waals surface area contributed by atoms with Crippen molar-refractivity contribution < 1.29 is 18.0 Å². The lowest BCUT2D eigenvalue weighted by molar-refractivity contribution is -0.185. The fourth-order valence-electron chi connectivity index (χ4n) is 2.98. The summed E-state index contributed by atoms with van der Waals surface area (Å²) < 4.78 is 37.5. The maximum absolute atomic E-state index is 12.5. The van der Waals surface area contributed by atoms with Crippen LogP contribution in [0.1, 0.15) is 5.69 Å². The van der Waals surface area contributed by atoms with E-state index in [0.29, 0.717) is 16.6 Å². The van der Waals surface area contributed by atoms with Crippen molar-refractivity contribution in [2.24, 2.45) is 0 Å². The van der Waals surface area contributed by atoms with Crippen molar-refractivity contribution in [1.82, 2.24) is 9.88 Å². The first-order valence-corrected chi connectivity index (χ1v) is 7.51. The molecule has 0 saturated carbocycles. The number of piperazine rings is 1. The van der Waals surface area contributed by atoms with Crippen molar-refractivity contribution in [2.45, 2.75) is 13.1 Å². The van der Waals surface area contributed by atoms with Crippen molar-refractivity contribution in [1.29, 1.82) is 0 Å². The molecule has 1 amide bonds. The van der Waals surface area contributed by atoms with E-state index >= 15 is 0 Å². The van der Waals surface area contributed by atoms with Crippen LogP contribution < -0.4 is 10.3 Å². The number of carbonyl (C=O) groups is 1. The lowest BCUT2D eigenvalue weighted by Crippen LogP contribution is -2.52. The van der Waals surface area contributed by atoms with Crippen LogP contribution in [0, 0.1) is 6.92 Å². The van der Waals surface area contributed by atoms with E-state index in [2.05, 4.69) is 4.98 Å². The minimum Gasteiger partial charge on any atom is -0.366 e. The van der Waals surface area contributed by atoms with Crippen LogP contribution in [-0.2, 0) is 4.79 Å². The fourth-order valence-corrected chi connectivity index (χ4v) is 2.98. The Bertz CT molecular complexity index is 837. The van der Waals surface area contributed by atoms with E-state index < -0.39 is 12.1 Å². The number of fused-ring (bicyclic) bond motifs is 1. The number of amides is 1. The number of aromatic amines is 1. The maximum Gasteiger partial charge on any atom is 0.471 e. The first-order chi connectivity index (χ1) is 11.3. The highest BCUT2D eigenvalue weighted by atomic mass is 19.4. The number of pyridine rings is 1. The smallest absolute Gasteiger partial charge is 0.366 e. The summed E-state index contributed by atoms with van der Waals surface area (Å²) in [7, 11) is 0. The van der Waals surface area contributed by atoms with Gasteiger partial charge in [0.1, 0.15) is 0 Å². The number of alkyl halides is 3. The summed E-state index contributed by atoms with van der Waals surface area (Å²) in [5.74, 6) is -1.80. The molecule has 1 aliphatic heterocycles. The summed E-state index contributed by atoms with van der Waals surface area (Å²) in [6.07, 6.45) is -4.84. The van der Waals surface area contributed by atoms with Gasteiger partial charge in [0.25, 0.3) is 0 Å². The molecular weight excluding hydrogens is 323 g/mol. The van der Waals surface area contributed by atoms with Crippen LogP contribution in [-0.4, -0.2) is 48.1 Å². The maximum atomic E-state index is 12.5. The van der Waals surface area contributed by atoms with Crippen molar-refractivity contribution in [3.63, 3.8) is 0 Å². The SMILES string of the molecule is Cc1cc(=O)c2cccc(N3CCN(C(=O)C(F)(F)F)CC3)c2[nH]1. The molecule has 0 spiro atoms. The van der Waals surface area contributed by atoms with Gasteiger partial charge in [0, 0.05) is 43.3 Å². The van der Waals surface area contributed by atoms with Gasteiger partial charge in [0.05, 0.1) is 11.2 Å². The van der Waals surface area contributed by atoms with Gasteiger partial charge in [-0.3, -0.25) is 9.59 Å². The van der Waals surface area contributed by atoms with Crippen LogP contribution in [0.3, 0.4) is 0 Å². The Morgan fingerprint density at radius 1 is 1.17 bits per heavy atom. The molecule has 1 fully saturated rings. The molecule has 0 unspecified atom stereocenters. The fraction of sp³-hybridized carbons (Fsp3) is 0.375. The Morgan fingerprint density at radius 3 is 2.46 bits per heavy atom. The van der Waals surface area contributed by atoms with Crippen LogP contribution in [0.4, 0.5) is 18.9 Å². The van der Waals surface area contributed by atoms with Crippen LogP contribution in [0.2, 0.25) is 0 Å². The predicted molar refractivity (Wildman–Crippen MR) is 84.2 cm³/mol. The number of anilines is 1. The first-order valence-electron chi connectivity index (χ1n) is 7.51. The minimum absolute atomic E-state index is 0.00915. The number of hydrogen-bond acceptors (Lipinski definition) is 3. The van der Waals surface area contributed by atoms with Crippen molar-refractivity contribution in [3.05, 3.63) is 40.2 Å². The van der Waals surface area contributed by atoms with E-state index in [1.54, 1.807) is 19.1 Å². The number of benzene rings is 1. The summed E-state index contributed by atoms with van der Waals surface area (Å²) in [5, 5.41) is 0.534. The molecule has 3 rings (SSSR count). The molecule has 5 nitrogen and oxygen atoms in total. The standard InChI is InChI=1S/C16H16F3N3O2/c1-10-9-13(23)11-3-2-4-12(14(11)20-10)21-5-7-22(8-6-21)15(24)16(17,18)19/h2-4,9H,5-8H2,1H3,(H,20,23). The molecular formula is C16H16F3N3O2. The number of rotatable bonds is 1. The van der Waals surface area contributed by atoms with Gasteiger partial charge in [-0.25, -0.2) is 0 Å². The molecule has 8 heteroatoms. The molecule has 0 bridgehead atoms. The first kappa shape index (κ1) is 16.4. The normalized spacial score (nSPS) is 15.8. The Balaban J connectivity index is 1.86. The number of aromatic nitrogens is 1. The van der Waals surface area contributed by atoms with Gasteiger partial charge in [-0.1, -0.05) is 6.07 Å². The number of carbonyl (C=O) groups excluding carboxylic acids is 1. The summed E-state index contributed by atoms with van der Waals surface area (Å²) in [4.78, 5) is 29.2. The second kappa shape index (κ2) is 5.85. The van der Waals surface area contributed by atoms with Crippen LogP contribution in [0.15, 0.2) is 29.1 Å². The Morgan fingerprint density at radius 2 is 1.83 bits per heavy atom. The van der Waals surface area contributed by atoms with Gasteiger partial charge in [0.15, 0.2) is 5.43 Å². The van der Waals surface area contributed by atoms with E-state index in [9.17, 15) is 22.8 Å². The highest BCUT2D eigenvalue weighted by Crippen LogP contribution is 2.26. The molecule has 1 aromatic heterocycles. The number of hydrogen-bond donors (Lipinski definition) is 1. The molecule has 128 valence electrons. The van der Waals surface area contributed by atoms with E-state index in [0.717, 1.165) is 10.6 Å². The molecule has 24 heavy (non-hydrogen) atoms. The second-order valence-electron chi connectivity index (χ2n) is 5.79. The lowest BCUT2D eigenvalue weighted by atomic mass is 10.1. The third-order valence-electron chi connectivity index (χ3n) is 4.13. The Kier molecular flexibility index (Phi) is 3.98. The van der Waals surface area contributed by atoms with Gasteiger partial charge >= 0.3 is 12.1 Å². The van der Waals surface area contributed by atoms with Crippen LogP contribution in [0.25, 0.3) is 10.9 Å². The third-order valence-corrected chi connectivity index (χ3v) is 4.13. The molecule has 0 radical (unpaired) electrons. The van der Waals surface area contributed by atoms with Gasteiger partial charge in [0.2, 0.25) is 0 Å². The molecule has 0 aliphatic carbocycles. The molecule has 1 N–H and O–H groups in total. The molecule has 2 aromatic rings. The second-order valence-corrected chi connectivity index (χ2v) is 5.79. The summed E-state index contributed by atoms with van der Waals surface area (Å²) in [5.41, 5.74) is 2.03. The molecule has 2 heterocycles. The zero-order valence-electron chi connectivity index (χ0n) is 13.0. The van der Waals surface area contributed by atoms with Crippen LogP contribution in [0.5, 0.6) is 0 Å². The van der Waals surface area contributed by atoms with E-state index in [-0.39, 0.29) is 31.6 Å². The molecule has 1 aromatic carbocycles. The average molecular weight is 339 g/mol. The van der Waals surface area contributed by atoms with Gasteiger partial charge in [-0.05, 0) is 19.1 Å². The Hall–Kier alpha value is -2.51. The largest absolute Gasteiger partial charge is 0.471 e. The average Bonchev–Trinajstić information content (AvgIpc) is 2.53. The van der Waals surface area contributed by atoms with Gasteiger partial charge in [-0.15, -0.1) is 0 Å². The number of nitrogens with zero attached hydrogens (tertiary/aromatic N) is 2. The van der Waals surface area contributed by atoms with Gasteiger partial charge in [-0.2, -0.15) is 13.2 Å². The highest BCUT2D eigenvalue weighted by Gasteiger charge is 2.43. The third kappa shape index (κ3) is 2.95. The number of halogens is 3. The van der Waals surface area contributed by atoms with Crippen LogP contribution >= 0.6 is 0 Å². The summed E-state index contributed by atoms with van der Waals surface area (Å²) >= 11 is 0. The van der Waals surface area contributed by atoms with Crippen molar-refractivity contribution in [2.75, 3.05) is 31.1 Å². The molecule has 0 atom stereocenters. The zero-order chi connectivity index (χ0) is 17.5. The van der Waals surface area contributed by atoms with E-state index in [1.165, 1.54) is 6.07 Å². The molecule has 1 saturated heterocycles. The number of H-pyrrole nitrogens is 1. The molecule has 1 aliphatic rings. The Labute approximate surface area is 135 Å². The zero-order valence-corrected chi connectivity index (χ0v) is 13.0.